The van der Waals surface area contributed by atoms with Crippen molar-refractivity contribution in [3.8, 4) is 0 Å². The van der Waals surface area contributed by atoms with E-state index in [0.29, 0.717) is 5.56 Å². The molecule has 0 aliphatic rings. The smallest absolute Gasteiger partial charge is 0.355 e. The number of carbonyl (C=O) groups is 3. The Bertz CT molecular complexity index is 780. The fraction of sp³-hybridized carbons (Fsp3) is 0.350. The summed E-state index contributed by atoms with van der Waals surface area (Å²) in [6.45, 7) is 2.99. The van der Waals surface area contributed by atoms with Crippen molar-refractivity contribution < 1.29 is 19.1 Å². The van der Waals surface area contributed by atoms with E-state index < -0.39 is 5.97 Å². The molecule has 0 radical (unpaired) electrons. The summed E-state index contributed by atoms with van der Waals surface area (Å²) >= 11 is 0. The number of benzene rings is 1. The number of Topliss-reactive ketones (excluding diaryl/α,β-unsaturated/α-hetero) is 1. The summed E-state index contributed by atoms with van der Waals surface area (Å²) in [5, 5.41) is 2.82. The highest BCUT2D eigenvalue weighted by molar-refractivity contribution is 5.98. The van der Waals surface area contributed by atoms with Gasteiger partial charge in [-0.15, -0.1) is 0 Å². The second kappa shape index (κ2) is 8.99. The first-order valence-electron chi connectivity index (χ1n) is 8.54. The zero-order chi connectivity index (χ0) is 19.1. The number of carbonyl (C=O) groups excluding carboxylic acids is 3. The third-order valence-corrected chi connectivity index (χ3v) is 4.07. The van der Waals surface area contributed by atoms with Gasteiger partial charge in [0, 0.05) is 24.8 Å². The fourth-order valence-electron chi connectivity index (χ4n) is 2.58. The van der Waals surface area contributed by atoms with Crippen molar-refractivity contribution in [3.05, 3.63) is 59.4 Å². The minimum absolute atomic E-state index is 0.0271. The van der Waals surface area contributed by atoms with E-state index in [1.165, 1.54) is 23.1 Å². The first-order chi connectivity index (χ1) is 12.4. The molecule has 1 amide bonds. The summed E-state index contributed by atoms with van der Waals surface area (Å²) in [7, 11) is 1.65. The number of hydrogen-bond acceptors (Lipinski definition) is 4. The number of aromatic nitrogens is 1. The molecule has 26 heavy (non-hydrogen) atoms. The Hall–Kier alpha value is -2.89. The van der Waals surface area contributed by atoms with Crippen molar-refractivity contribution in [2.45, 2.75) is 32.7 Å². The molecule has 0 aliphatic heterocycles. The van der Waals surface area contributed by atoms with Crippen LogP contribution in [0.25, 0.3) is 0 Å². The van der Waals surface area contributed by atoms with E-state index in [4.69, 9.17) is 4.74 Å². The predicted octanol–water partition coefficient (Wildman–Crippen LogP) is 2.52. The molecule has 0 bridgehead atoms. The number of ether oxygens (including phenoxy) is 1. The molecular formula is C20H24N2O4. The summed E-state index contributed by atoms with van der Waals surface area (Å²) in [6, 6.07) is 11.5. The van der Waals surface area contributed by atoms with Gasteiger partial charge >= 0.3 is 5.97 Å². The molecule has 1 aromatic carbocycles. The van der Waals surface area contributed by atoms with Crippen LogP contribution in [0.1, 0.15) is 46.7 Å². The summed E-state index contributed by atoms with van der Waals surface area (Å²) in [6.07, 6.45) is 3.22. The molecule has 0 unspecified atom stereocenters. The molecule has 1 N–H and O–H groups in total. The van der Waals surface area contributed by atoms with Crippen LogP contribution in [0.2, 0.25) is 0 Å². The number of nitrogens with zero attached hydrogens (tertiary/aromatic N) is 1. The summed E-state index contributed by atoms with van der Waals surface area (Å²) in [5.74, 6) is -1.11. The molecule has 1 aromatic heterocycles. The quantitative estimate of drug-likeness (QED) is 0.582. The standard InChI is InChI=1S/C20H24N2O4/c1-14(9-10-16-7-5-4-6-8-16)21-19(24)13-26-20(25)18-11-17(15(2)23)12-22(18)3/h4-8,11-12,14H,9-10,13H2,1-3H3,(H,21,24)/t14-/m0/s1. The molecule has 0 fully saturated rings. The third-order valence-electron chi connectivity index (χ3n) is 4.07. The van der Waals surface area contributed by atoms with E-state index in [1.54, 1.807) is 13.2 Å². The second-order valence-electron chi connectivity index (χ2n) is 6.35. The maximum atomic E-state index is 12.1. The molecule has 138 valence electrons. The Morgan fingerprint density at radius 2 is 1.88 bits per heavy atom. The van der Waals surface area contributed by atoms with Gasteiger partial charge in [0.2, 0.25) is 0 Å². The minimum atomic E-state index is -0.632. The number of aryl methyl sites for hydroxylation is 2. The molecule has 0 saturated heterocycles. The first kappa shape index (κ1) is 19.4. The lowest BCUT2D eigenvalue weighted by atomic mass is 10.1. The highest BCUT2D eigenvalue weighted by atomic mass is 16.5. The molecule has 0 saturated carbocycles. The number of esters is 1. The van der Waals surface area contributed by atoms with Crippen molar-refractivity contribution in [2.24, 2.45) is 7.05 Å². The molecular weight excluding hydrogens is 332 g/mol. The molecule has 6 nitrogen and oxygen atoms in total. The fourth-order valence-corrected chi connectivity index (χ4v) is 2.58. The zero-order valence-corrected chi connectivity index (χ0v) is 15.3. The lowest BCUT2D eigenvalue weighted by molar-refractivity contribution is -0.124. The lowest BCUT2D eigenvalue weighted by Gasteiger charge is -2.14. The maximum absolute atomic E-state index is 12.1. The molecule has 1 atom stereocenters. The van der Waals surface area contributed by atoms with Crippen LogP contribution in [-0.4, -0.2) is 34.9 Å². The van der Waals surface area contributed by atoms with Crippen molar-refractivity contribution in [1.82, 2.24) is 9.88 Å². The van der Waals surface area contributed by atoms with E-state index in [9.17, 15) is 14.4 Å². The van der Waals surface area contributed by atoms with Crippen molar-refractivity contribution >= 4 is 17.7 Å². The first-order valence-corrected chi connectivity index (χ1v) is 8.54. The van der Waals surface area contributed by atoms with Crippen molar-refractivity contribution in [2.75, 3.05) is 6.61 Å². The molecule has 2 aromatic rings. The van der Waals surface area contributed by atoms with Crippen molar-refractivity contribution in [1.29, 1.82) is 0 Å². The Labute approximate surface area is 153 Å². The van der Waals surface area contributed by atoms with Gasteiger partial charge in [-0.3, -0.25) is 9.59 Å². The summed E-state index contributed by atoms with van der Waals surface area (Å²) in [4.78, 5) is 35.4. The average molecular weight is 356 g/mol. The van der Waals surface area contributed by atoms with Gasteiger partial charge in [-0.1, -0.05) is 30.3 Å². The topological polar surface area (TPSA) is 77.4 Å². The SMILES string of the molecule is CC(=O)c1cc(C(=O)OCC(=O)N[C@@H](C)CCc2ccccc2)n(C)c1. The van der Waals surface area contributed by atoms with Gasteiger partial charge in [0.15, 0.2) is 12.4 Å². The minimum Gasteiger partial charge on any atom is -0.451 e. The van der Waals surface area contributed by atoms with Crippen LogP contribution < -0.4 is 5.32 Å². The van der Waals surface area contributed by atoms with Gasteiger partial charge in [-0.25, -0.2) is 4.79 Å². The highest BCUT2D eigenvalue weighted by Crippen LogP contribution is 2.09. The summed E-state index contributed by atoms with van der Waals surface area (Å²) in [5.41, 5.74) is 1.88. The van der Waals surface area contributed by atoms with Gasteiger partial charge in [0.25, 0.3) is 5.91 Å². The van der Waals surface area contributed by atoms with E-state index in [-0.39, 0.29) is 30.0 Å². The predicted molar refractivity (Wildman–Crippen MR) is 98.1 cm³/mol. The molecule has 6 heteroatoms. The molecule has 0 aliphatic carbocycles. The Morgan fingerprint density at radius 1 is 1.19 bits per heavy atom. The average Bonchev–Trinajstić information content (AvgIpc) is 3.01. The van der Waals surface area contributed by atoms with E-state index in [1.807, 2.05) is 37.3 Å². The Balaban J connectivity index is 1.77. The highest BCUT2D eigenvalue weighted by Gasteiger charge is 2.17. The molecule has 1 heterocycles. The third kappa shape index (κ3) is 5.58. The number of ketones is 1. The van der Waals surface area contributed by atoms with Gasteiger partial charge < -0.3 is 14.6 Å². The number of hydrogen-bond donors (Lipinski definition) is 1. The number of amides is 1. The van der Waals surface area contributed by atoms with Crippen LogP contribution in [0.4, 0.5) is 0 Å². The van der Waals surface area contributed by atoms with Gasteiger partial charge in [0.05, 0.1) is 0 Å². The zero-order valence-electron chi connectivity index (χ0n) is 15.3. The van der Waals surface area contributed by atoms with E-state index in [2.05, 4.69) is 5.32 Å². The Kier molecular flexibility index (Phi) is 6.72. The van der Waals surface area contributed by atoms with E-state index >= 15 is 0 Å². The van der Waals surface area contributed by atoms with Crippen LogP contribution in [0, 0.1) is 0 Å². The molecule has 0 spiro atoms. The monoisotopic (exact) mass is 356 g/mol. The van der Waals surface area contributed by atoms with Gasteiger partial charge in [0.1, 0.15) is 5.69 Å². The second-order valence-corrected chi connectivity index (χ2v) is 6.35. The van der Waals surface area contributed by atoms with Crippen LogP contribution >= 0.6 is 0 Å². The lowest BCUT2D eigenvalue weighted by Crippen LogP contribution is -2.36. The largest absolute Gasteiger partial charge is 0.451 e. The number of rotatable bonds is 8. The summed E-state index contributed by atoms with van der Waals surface area (Å²) < 4.78 is 6.56. The van der Waals surface area contributed by atoms with Crippen LogP contribution in [-0.2, 0) is 23.0 Å². The maximum Gasteiger partial charge on any atom is 0.355 e. The Morgan fingerprint density at radius 3 is 2.50 bits per heavy atom. The van der Waals surface area contributed by atoms with Crippen LogP contribution in [0.5, 0.6) is 0 Å². The van der Waals surface area contributed by atoms with Crippen molar-refractivity contribution in [3.63, 3.8) is 0 Å². The van der Waals surface area contributed by atoms with Gasteiger partial charge in [-0.05, 0) is 38.3 Å². The van der Waals surface area contributed by atoms with Crippen LogP contribution in [0.15, 0.2) is 42.6 Å². The number of nitrogens with one attached hydrogen (secondary N) is 1. The van der Waals surface area contributed by atoms with Gasteiger partial charge in [-0.2, -0.15) is 0 Å². The van der Waals surface area contributed by atoms with Crippen LogP contribution in [0.3, 0.4) is 0 Å². The van der Waals surface area contributed by atoms with E-state index in [0.717, 1.165) is 12.8 Å². The molecule has 2 rings (SSSR count). The normalized spacial score (nSPS) is 11.7.